The first-order valence-electron chi connectivity index (χ1n) is 8.63. The van der Waals surface area contributed by atoms with Crippen LogP contribution in [0, 0.1) is 5.82 Å². The Kier molecular flexibility index (Phi) is 5.27. The number of anilines is 1. The van der Waals surface area contributed by atoms with Crippen molar-refractivity contribution >= 4 is 21.6 Å². The first kappa shape index (κ1) is 18.4. The van der Waals surface area contributed by atoms with Crippen LogP contribution >= 0.6 is 0 Å². The zero-order chi connectivity index (χ0) is 18.7. The molecule has 1 amide bonds. The third kappa shape index (κ3) is 3.44. The van der Waals surface area contributed by atoms with Crippen molar-refractivity contribution in [1.82, 2.24) is 5.32 Å². The molecule has 0 radical (unpaired) electrons. The summed E-state index contributed by atoms with van der Waals surface area (Å²) in [5.74, 6) is -1.02. The van der Waals surface area contributed by atoms with Crippen molar-refractivity contribution in [1.29, 1.82) is 0 Å². The number of carbonyl (C=O) groups excluding carboxylic acids is 1. The average Bonchev–Trinajstić information content (AvgIpc) is 3.06. The predicted molar refractivity (Wildman–Crippen MR) is 98.3 cm³/mol. The van der Waals surface area contributed by atoms with Crippen molar-refractivity contribution in [3.8, 4) is 0 Å². The van der Waals surface area contributed by atoms with Crippen molar-refractivity contribution in [2.75, 3.05) is 17.4 Å². The molecule has 0 bridgehead atoms. The van der Waals surface area contributed by atoms with Gasteiger partial charge in [0.25, 0.3) is 15.9 Å². The van der Waals surface area contributed by atoms with Gasteiger partial charge in [-0.25, -0.2) is 12.8 Å². The highest BCUT2D eigenvalue weighted by Crippen LogP contribution is 2.34. The monoisotopic (exact) mass is 376 g/mol. The highest BCUT2D eigenvalue weighted by Gasteiger charge is 2.33. The molecule has 0 unspecified atom stereocenters. The number of benzene rings is 2. The van der Waals surface area contributed by atoms with Gasteiger partial charge in [0.15, 0.2) is 0 Å². The summed E-state index contributed by atoms with van der Waals surface area (Å²) in [6.07, 6.45) is 2.38. The third-order valence-corrected chi connectivity index (χ3v) is 6.27. The molecule has 3 rings (SSSR count). The standard InChI is InChI=1S/C19H21FN2O3S/c1-2-3-11-21-19(23)15-9-8-14-10-12-22(17(14)13-15)26(24,25)18-7-5-4-6-16(18)20/h4-9,13H,2-3,10-12H2,1H3,(H,21,23). The number of hydrogen-bond acceptors (Lipinski definition) is 3. The molecule has 1 aliphatic rings. The summed E-state index contributed by atoms with van der Waals surface area (Å²) in [6.45, 7) is 2.84. The Hall–Kier alpha value is -2.41. The minimum absolute atomic E-state index is 0.229. The number of fused-ring (bicyclic) bond motifs is 1. The zero-order valence-corrected chi connectivity index (χ0v) is 15.4. The molecule has 138 valence electrons. The lowest BCUT2D eigenvalue weighted by Crippen LogP contribution is -2.30. The van der Waals surface area contributed by atoms with Crippen LogP contribution in [0.25, 0.3) is 0 Å². The minimum atomic E-state index is -4.02. The Morgan fingerprint density at radius 3 is 2.73 bits per heavy atom. The fourth-order valence-corrected chi connectivity index (χ4v) is 4.56. The van der Waals surface area contributed by atoms with Crippen molar-refractivity contribution in [3.63, 3.8) is 0 Å². The van der Waals surface area contributed by atoms with Crippen LogP contribution < -0.4 is 9.62 Å². The number of unbranched alkanes of at least 4 members (excludes halogenated alkanes) is 1. The number of halogens is 1. The van der Waals surface area contributed by atoms with Crippen LogP contribution in [0.2, 0.25) is 0 Å². The number of sulfonamides is 1. The van der Waals surface area contributed by atoms with Crippen LogP contribution in [-0.2, 0) is 16.4 Å². The molecule has 0 saturated heterocycles. The normalized spacial score (nSPS) is 13.5. The molecule has 7 heteroatoms. The Morgan fingerprint density at radius 1 is 1.23 bits per heavy atom. The number of carbonyl (C=O) groups is 1. The predicted octanol–water partition coefficient (Wildman–Crippen LogP) is 3.11. The van der Waals surface area contributed by atoms with E-state index in [2.05, 4.69) is 5.32 Å². The largest absolute Gasteiger partial charge is 0.352 e. The molecule has 26 heavy (non-hydrogen) atoms. The number of hydrogen-bond donors (Lipinski definition) is 1. The molecule has 0 atom stereocenters. The maximum Gasteiger partial charge on any atom is 0.267 e. The number of rotatable bonds is 6. The summed E-state index contributed by atoms with van der Waals surface area (Å²) in [7, 11) is -4.02. The van der Waals surface area contributed by atoms with Gasteiger partial charge in [0.2, 0.25) is 0 Å². The van der Waals surface area contributed by atoms with Crippen LogP contribution in [0.1, 0.15) is 35.7 Å². The van der Waals surface area contributed by atoms with E-state index in [0.717, 1.165) is 24.5 Å². The Balaban J connectivity index is 1.92. The lowest BCUT2D eigenvalue weighted by molar-refractivity contribution is 0.0953. The quantitative estimate of drug-likeness (QED) is 0.788. The van der Waals surface area contributed by atoms with E-state index in [-0.39, 0.29) is 17.3 Å². The first-order chi connectivity index (χ1) is 12.4. The molecule has 0 spiro atoms. The van der Waals surface area contributed by atoms with E-state index in [9.17, 15) is 17.6 Å². The van der Waals surface area contributed by atoms with Crippen molar-refractivity contribution < 1.29 is 17.6 Å². The summed E-state index contributed by atoms with van der Waals surface area (Å²) in [5.41, 5.74) is 1.67. The van der Waals surface area contributed by atoms with Gasteiger partial charge in [-0.15, -0.1) is 0 Å². The molecular weight excluding hydrogens is 355 g/mol. The molecule has 1 heterocycles. The molecule has 0 aromatic heterocycles. The van der Waals surface area contributed by atoms with E-state index in [1.165, 1.54) is 22.5 Å². The molecule has 1 N–H and O–H groups in total. The molecule has 2 aromatic rings. The van der Waals surface area contributed by atoms with Crippen molar-refractivity contribution in [2.45, 2.75) is 31.1 Å². The van der Waals surface area contributed by atoms with Gasteiger partial charge in [-0.1, -0.05) is 31.5 Å². The smallest absolute Gasteiger partial charge is 0.267 e. The van der Waals surface area contributed by atoms with Crippen molar-refractivity contribution in [3.05, 3.63) is 59.4 Å². The second-order valence-electron chi connectivity index (χ2n) is 6.21. The number of amides is 1. The molecule has 0 aliphatic carbocycles. The number of nitrogens with zero attached hydrogens (tertiary/aromatic N) is 1. The molecule has 5 nitrogen and oxygen atoms in total. The number of nitrogens with one attached hydrogen (secondary N) is 1. The zero-order valence-electron chi connectivity index (χ0n) is 14.5. The fourth-order valence-electron chi connectivity index (χ4n) is 2.99. The van der Waals surface area contributed by atoms with Crippen molar-refractivity contribution in [2.24, 2.45) is 0 Å². The Morgan fingerprint density at radius 2 is 2.00 bits per heavy atom. The highest BCUT2D eigenvalue weighted by molar-refractivity contribution is 7.92. The summed E-state index contributed by atoms with van der Waals surface area (Å²) in [6, 6.07) is 10.4. The summed E-state index contributed by atoms with van der Waals surface area (Å²) < 4.78 is 41.0. The fraction of sp³-hybridized carbons (Fsp3) is 0.316. The summed E-state index contributed by atoms with van der Waals surface area (Å²) in [4.78, 5) is 11.9. The first-order valence-corrected chi connectivity index (χ1v) is 10.1. The van der Waals surface area contributed by atoms with E-state index in [0.29, 0.717) is 24.2 Å². The molecule has 1 aliphatic heterocycles. The average molecular weight is 376 g/mol. The van der Waals surface area contributed by atoms with Gasteiger partial charge >= 0.3 is 0 Å². The van der Waals surface area contributed by atoms with Crippen LogP contribution in [0.4, 0.5) is 10.1 Å². The second kappa shape index (κ2) is 7.45. The third-order valence-electron chi connectivity index (χ3n) is 4.42. The highest BCUT2D eigenvalue weighted by atomic mass is 32.2. The van der Waals surface area contributed by atoms with Crippen LogP contribution in [-0.4, -0.2) is 27.4 Å². The van der Waals surface area contributed by atoms with Crippen LogP contribution in [0.5, 0.6) is 0 Å². The SMILES string of the molecule is CCCCNC(=O)c1ccc2c(c1)N(S(=O)(=O)c1ccccc1F)CC2. The Bertz CT molecular complexity index is 928. The molecular formula is C19H21FN2O3S. The molecule has 2 aromatic carbocycles. The van der Waals surface area contributed by atoms with Gasteiger partial charge in [0, 0.05) is 18.7 Å². The van der Waals surface area contributed by atoms with Gasteiger partial charge in [-0.2, -0.15) is 0 Å². The van der Waals surface area contributed by atoms with E-state index in [4.69, 9.17) is 0 Å². The molecule has 0 saturated carbocycles. The Labute approximate surface area is 152 Å². The lowest BCUT2D eigenvalue weighted by atomic mass is 10.1. The summed E-state index contributed by atoms with van der Waals surface area (Å²) >= 11 is 0. The van der Waals surface area contributed by atoms with E-state index in [1.54, 1.807) is 18.2 Å². The summed E-state index contributed by atoms with van der Waals surface area (Å²) in [5, 5.41) is 2.82. The van der Waals surface area contributed by atoms with Gasteiger partial charge in [-0.3, -0.25) is 9.10 Å². The van der Waals surface area contributed by atoms with E-state index >= 15 is 0 Å². The second-order valence-corrected chi connectivity index (χ2v) is 8.04. The lowest BCUT2D eigenvalue weighted by Gasteiger charge is -2.20. The van der Waals surface area contributed by atoms with E-state index in [1.807, 2.05) is 6.92 Å². The van der Waals surface area contributed by atoms with Crippen LogP contribution in [0.3, 0.4) is 0 Å². The van der Waals surface area contributed by atoms with Gasteiger partial charge in [0.05, 0.1) is 5.69 Å². The van der Waals surface area contributed by atoms with Gasteiger partial charge < -0.3 is 5.32 Å². The van der Waals surface area contributed by atoms with Gasteiger partial charge in [0.1, 0.15) is 10.7 Å². The van der Waals surface area contributed by atoms with Crippen LogP contribution in [0.15, 0.2) is 47.4 Å². The molecule has 0 fully saturated rings. The van der Waals surface area contributed by atoms with Gasteiger partial charge in [-0.05, 0) is 42.7 Å². The van der Waals surface area contributed by atoms with E-state index < -0.39 is 15.8 Å². The topological polar surface area (TPSA) is 66.5 Å². The minimum Gasteiger partial charge on any atom is -0.352 e. The maximum absolute atomic E-state index is 14.0. The maximum atomic E-state index is 14.0.